The Morgan fingerprint density at radius 1 is 1.08 bits per heavy atom. The fourth-order valence-electron chi connectivity index (χ4n) is 1.64. The monoisotopic (exact) mass is 248 g/mol. The van der Waals surface area contributed by atoms with Crippen molar-refractivity contribution < 1.29 is 9.53 Å². The maximum atomic E-state index is 11.4. The Labute approximate surface area is 84.4 Å². The second kappa shape index (κ2) is 6.46. The predicted molar refractivity (Wildman–Crippen MR) is 58.6 cm³/mol. The first-order valence-corrected chi connectivity index (χ1v) is 11.2. The SMILES string of the molecule is CCOC(=O)[CH2][Ge]([CH2]C)([CH2]C)[CH2]C. The van der Waals surface area contributed by atoms with E-state index in [2.05, 4.69) is 20.8 Å². The Balaban J connectivity index is 4.16. The second-order valence-electron chi connectivity index (χ2n) is 3.54. The molecule has 0 radical (unpaired) electrons. The van der Waals surface area contributed by atoms with Gasteiger partial charge in [0.25, 0.3) is 0 Å². The van der Waals surface area contributed by atoms with Gasteiger partial charge in [0.2, 0.25) is 0 Å². The molecule has 3 heteroatoms. The van der Waals surface area contributed by atoms with Crippen molar-refractivity contribution in [2.45, 2.75) is 48.7 Å². The van der Waals surface area contributed by atoms with Gasteiger partial charge < -0.3 is 0 Å². The summed E-state index contributed by atoms with van der Waals surface area (Å²) in [5.41, 5.74) is 0. The minimum atomic E-state index is -1.81. The van der Waals surface area contributed by atoms with Crippen LogP contribution in [0.2, 0.25) is 21.0 Å². The normalized spacial score (nSPS) is 11.4. The van der Waals surface area contributed by atoms with Gasteiger partial charge in [0.15, 0.2) is 0 Å². The van der Waals surface area contributed by atoms with E-state index in [-0.39, 0.29) is 5.97 Å². The Morgan fingerprint density at radius 3 is 1.85 bits per heavy atom. The summed E-state index contributed by atoms with van der Waals surface area (Å²) >= 11 is -1.81. The first-order valence-electron chi connectivity index (χ1n) is 5.29. The zero-order valence-electron chi connectivity index (χ0n) is 9.35. The van der Waals surface area contributed by atoms with Crippen molar-refractivity contribution in [1.29, 1.82) is 0 Å². The molecule has 0 heterocycles. The van der Waals surface area contributed by atoms with Crippen LogP contribution in [0.5, 0.6) is 0 Å². The summed E-state index contributed by atoms with van der Waals surface area (Å²) in [6.07, 6.45) is 0. The molecule has 0 saturated carbocycles. The van der Waals surface area contributed by atoms with Crippen molar-refractivity contribution >= 4 is 19.2 Å². The molecular formula is C10H22GeO2. The van der Waals surface area contributed by atoms with E-state index < -0.39 is 13.3 Å². The van der Waals surface area contributed by atoms with Gasteiger partial charge in [-0.25, -0.2) is 0 Å². The van der Waals surface area contributed by atoms with E-state index in [0.717, 1.165) is 5.25 Å². The molecule has 0 rings (SSSR count). The van der Waals surface area contributed by atoms with E-state index in [9.17, 15) is 4.79 Å². The van der Waals surface area contributed by atoms with Crippen molar-refractivity contribution in [2.75, 3.05) is 6.61 Å². The second-order valence-corrected chi connectivity index (χ2v) is 15.0. The van der Waals surface area contributed by atoms with Crippen LogP contribution < -0.4 is 0 Å². The molecule has 0 aromatic heterocycles. The molecule has 0 spiro atoms. The molecule has 2 nitrogen and oxygen atoms in total. The molecule has 78 valence electrons. The Morgan fingerprint density at radius 2 is 1.54 bits per heavy atom. The van der Waals surface area contributed by atoms with Crippen molar-refractivity contribution in [2.24, 2.45) is 0 Å². The predicted octanol–water partition coefficient (Wildman–Crippen LogP) is 3.06. The topological polar surface area (TPSA) is 26.3 Å². The molecule has 0 aliphatic rings. The van der Waals surface area contributed by atoms with Gasteiger partial charge in [0.05, 0.1) is 0 Å². The van der Waals surface area contributed by atoms with Gasteiger partial charge in [-0.2, -0.15) is 0 Å². The number of hydrogen-bond acceptors (Lipinski definition) is 2. The molecule has 0 aliphatic carbocycles. The van der Waals surface area contributed by atoms with Crippen LogP contribution in [0.3, 0.4) is 0 Å². The van der Waals surface area contributed by atoms with E-state index in [1.54, 1.807) is 0 Å². The summed E-state index contributed by atoms with van der Waals surface area (Å²) in [7, 11) is 0. The van der Waals surface area contributed by atoms with E-state index in [4.69, 9.17) is 4.74 Å². The van der Waals surface area contributed by atoms with E-state index in [0.29, 0.717) is 6.61 Å². The Hall–Kier alpha value is 0.0129. The van der Waals surface area contributed by atoms with E-state index in [1.165, 1.54) is 15.8 Å². The third-order valence-corrected chi connectivity index (χ3v) is 14.7. The molecule has 0 aromatic carbocycles. The molecule has 0 atom stereocenters. The van der Waals surface area contributed by atoms with Crippen molar-refractivity contribution in [3.8, 4) is 0 Å². The molecular weight excluding hydrogens is 225 g/mol. The standard InChI is InChI=1S/C10H22GeO2/c1-5-11(6-2,7-3)9-10(12)13-8-4/h5-9H2,1-4H3. The summed E-state index contributed by atoms with van der Waals surface area (Å²) in [6.45, 7) is 9.08. The number of carbonyl (C=O) groups is 1. The average molecular weight is 247 g/mol. The summed E-state index contributed by atoms with van der Waals surface area (Å²) in [5.74, 6) is 0.0352. The summed E-state index contributed by atoms with van der Waals surface area (Å²) in [6, 6.07) is 0. The maximum absolute atomic E-state index is 11.4. The minimum absolute atomic E-state index is 0.0352. The fraction of sp³-hybridized carbons (Fsp3) is 0.900. The molecule has 0 fully saturated rings. The molecule has 0 aromatic rings. The van der Waals surface area contributed by atoms with E-state index >= 15 is 0 Å². The van der Waals surface area contributed by atoms with Crippen molar-refractivity contribution in [3.05, 3.63) is 0 Å². The number of hydrogen-bond donors (Lipinski definition) is 0. The molecule has 0 saturated heterocycles. The van der Waals surface area contributed by atoms with Crippen LogP contribution in [0, 0.1) is 0 Å². The van der Waals surface area contributed by atoms with Crippen LogP contribution in [0.1, 0.15) is 27.7 Å². The van der Waals surface area contributed by atoms with Gasteiger partial charge in [-0.1, -0.05) is 0 Å². The van der Waals surface area contributed by atoms with Crippen LogP contribution in [0.25, 0.3) is 0 Å². The number of carbonyl (C=O) groups excluding carboxylic acids is 1. The number of esters is 1. The number of rotatable bonds is 6. The van der Waals surface area contributed by atoms with Crippen molar-refractivity contribution in [3.63, 3.8) is 0 Å². The summed E-state index contributed by atoms with van der Waals surface area (Å²) in [5, 5.41) is 4.49. The Kier molecular flexibility index (Phi) is 6.47. The third kappa shape index (κ3) is 4.16. The third-order valence-electron chi connectivity index (χ3n) is 3.07. The van der Waals surface area contributed by atoms with Gasteiger partial charge in [-0.05, 0) is 0 Å². The fourth-order valence-corrected chi connectivity index (χ4v) is 7.86. The average Bonchev–Trinajstić information content (AvgIpc) is 2.15. The number of ether oxygens (including phenoxy) is 1. The van der Waals surface area contributed by atoms with Gasteiger partial charge in [-0.3, -0.25) is 0 Å². The van der Waals surface area contributed by atoms with Crippen LogP contribution >= 0.6 is 0 Å². The molecule has 13 heavy (non-hydrogen) atoms. The van der Waals surface area contributed by atoms with Crippen LogP contribution in [0.15, 0.2) is 0 Å². The first-order chi connectivity index (χ1) is 6.14. The molecule has 0 N–H and O–H groups in total. The zero-order valence-corrected chi connectivity index (χ0v) is 11.5. The van der Waals surface area contributed by atoms with Gasteiger partial charge in [-0.15, -0.1) is 0 Å². The van der Waals surface area contributed by atoms with Gasteiger partial charge in [0.1, 0.15) is 0 Å². The molecule has 0 amide bonds. The summed E-state index contributed by atoms with van der Waals surface area (Å²) in [4.78, 5) is 11.4. The van der Waals surface area contributed by atoms with Crippen LogP contribution in [-0.2, 0) is 9.53 Å². The zero-order chi connectivity index (χ0) is 10.3. The Bertz CT molecular complexity index is 145. The van der Waals surface area contributed by atoms with Crippen molar-refractivity contribution in [1.82, 2.24) is 0 Å². The quantitative estimate of drug-likeness (QED) is 0.532. The van der Waals surface area contributed by atoms with Gasteiger partial charge in [0, 0.05) is 0 Å². The van der Waals surface area contributed by atoms with Crippen LogP contribution in [-0.4, -0.2) is 25.8 Å². The van der Waals surface area contributed by atoms with E-state index in [1.807, 2.05) is 6.92 Å². The molecule has 0 aliphatic heterocycles. The summed E-state index contributed by atoms with van der Waals surface area (Å²) < 4.78 is 5.01. The van der Waals surface area contributed by atoms with Crippen LogP contribution in [0.4, 0.5) is 0 Å². The molecule has 0 unspecified atom stereocenters. The first kappa shape index (κ1) is 13.0. The molecule has 0 bridgehead atoms. The van der Waals surface area contributed by atoms with Gasteiger partial charge >= 0.3 is 84.1 Å².